The summed E-state index contributed by atoms with van der Waals surface area (Å²) >= 11 is 3.14. The van der Waals surface area contributed by atoms with Gasteiger partial charge in [-0.15, -0.1) is 0 Å². The highest BCUT2D eigenvalue weighted by molar-refractivity contribution is 9.09. The molecule has 0 aromatic rings. The van der Waals surface area contributed by atoms with Crippen molar-refractivity contribution in [1.29, 1.82) is 0 Å². The molecule has 1 unspecified atom stereocenters. The third-order valence-electron chi connectivity index (χ3n) is 2.08. The summed E-state index contributed by atoms with van der Waals surface area (Å²) in [6, 6.07) is 0.319. The lowest BCUT2D eigenvalue weighted by Crippen LogP contribution is -2.38. The van der Waals surface area contributed by atoms with Gasteiger partial charge in [-0.25, -0.2) is 0 Å². The molecule has 0 fully saturated rings. The van der Waals surface area contributed by atoms with Crippen molar-refractivity contribution in [3.8, 4) is 0 Å². The molecular weight excluding hydrogens is 206 g/mol. The number of hydrogen-bond donors (Lipinski definition) is 0. The molecule has 0 heterocycles. The van der Waals surface area contributed by atoms with Crippen LogP contribution in [0.4, 0.5) is 0 Å². The van der Waals surface area contributed by atoms with Crippen molar-refractivity contribution < 1.29 is 4.79 Å². The topological polar surface area (TPSA) is 20.3 Å². The van der Waals surface area contributed by atoms with Crippen LogP contribution in [0.25, 0.3) is 0 Å². The number of hydrogen-bond acceptors (Lipinski definition) is 1. The summed E-state index contributed by atoms with van der Waals surface area (Å²) in [6.07, 6.45) is 0. The molecule has 0 radical (unpaired) electrons. The summed E-state index contributed by atoms with van der Waals surface area (Å²) in [5.74, 6) is 0.661. The van der Waals surface area contributed by atoms with Crippen molar-refractivity contribution in [3.05, 3.63) is 0 Å². The Morgan fingerprint density at radius 1 is 1.45 bits per heavy atom. The average molecular weight is 222 g/mol. The first-order chi connectivity index (χ1) is 5.00. The number of nitrogens with zero attached hydrogens (tertiary/aromatic N) is 1. The van der Waals surface area contributed by atoms with E-state index in [-0.39, 0.29) is 5.91 Å². The maximum atomic E-state index is 11.1. The summed E-state index contributed by atoms with van der Waals surface area (Å²) < 4.78 is 0. The maximum absolute atomic E-state index is 11.1. The minimum atomic E-state index is 0.145. The predicted octanol–water partition coefficient (Wildman–Crippen LogP) is 1.88. The second kappa shape index (κ2) is 4.75. The second-order valence-corrected chi connectivity index (χ2v) is 3.68. The highest BCUT2D eigenvalue weighted by atomic mass is 79.9. The zero-order valence-electron chi connectivity index (χ0n) is 7.60. The summed E-state index contributed by atoms with van der Waals surface area (Å²) in [5, 5.41) is 0.417. The molecule has 3 heteroatoms. The van der Waals surface area contributed by atoms with Gasteiger partial charge in [0, 0.05) is 13.1 Å². The van der Waals surface area contributed by atoms with Crippen LogP contribution in [0.5, 0.6) is 0 Å². The zero-order chi connectivity index (χ0) is 9.02. The third kappa shape index (κ3) is 3.23. The molecule has 11 heavy (non-hydrogen) atoms. The Balaban J connectivity index is 4.01. The number of halogens is 1. The van der Waals surface area contributed by atoms with E-state index in [1.807, 2.05) is 7.05 Å². The Morgan fingerprint density at radius 3 is 2.18 bits per heavy atom. The monoisotopic (exact) mass is 221 g/mol. The summed E-state index contributed by atoms with van der Waals surface area (Å²) in [5.41, 5.74) is 0. The first-order valence-electron chi connectivity index (χ1n) is 3.82. The highest BCUT2D eigenvalue weighted by Crippen LogP contribution is 2.08. The Labute approximate surface area is 77.1 Å². The van der Waals surface area contributed by atoms with Gasteiger partial charge in [0.05, 0.1) is 5.33 Å². The zero-order valence-corrected chi connectivity index (χ0v) is 9.18. The van der Waals surface area contributed by atoms with Crippen molar-refractivity contribution in [2.45, 2.75) is 26.8 Å². The van der Waals surface area contributed by atoms with E-state index in [1.165, 1.54) is 0 Å². The quantitative estimate of drug-likeness (QED) is 0.667. The lowest BCUT2D eigenvalue weighted by molar-refractivity contribution is -0.129. The lowest BCUT2D eigenvalue weighted by Gasteiger charge is -2.27. The molecule has 1 atom stereocenters. The Kier molecular flexibility index (Phi) is 4.73. The normalized spacial score (nSPS) is 13.3. The van der Waals surface area contributed by atoms with E-state index >= 15 is 0 Å². The largest absolute Gasteiger partial charge is 0.342 e. The molecule has 0 saturated carbocycles. The molecule has 2 nitrogen and oxygen atoms in total. The van der Waals surface area contributed by atoms with Crippen LogP contribution in [-0.2, 0) is 4.79 Å². The first-order valence-corrected chi connectivity index (χ1v) is 4.94. The molecule has 0 rings (SSSR count). The Morgan fingerprint density at radius 2 is 1.91 bits per heavy atom. The van der Waals surface area contributed by atoms with Crippen LogP contribution >= 0.6 is 15.9 Å². The summed E-state index contributed by atoms with van der Waals surface area (Å²) in [4.78, 5) is 12.9. The van der Waals surface area contributed by atoms with Crippen LogP contribution in [0.15, 0.2) is 0 Å². The SMILES string of the molecule is CC(C)C(C)N(C)C(=O)CBr. The fourth-order valence-electron chi connectivity index (χ4n) is 0.769. The van der Waals surface area contributed by atoms with Crippen molar-refractivity contribution in [2.75, 3.05) is 12.4 Å². The van der Waals surface area contributed by atoms with Gasteiger partial charge in [-0.05, 0) is 12.8 Å². The van der Waals surface area contributed by atoms with Gasteiger partial charge in [0.25, 0.3) is 0 Å². The Bertz CT molecular complexity index is 136. The summed E-state index contributed by atoms with van der Waals surface area (Å²) in [6.45, 7) is 6.29. The molecule has 0 aliphatic rings. The molecule has 0 spiro atoms. The molecule has 66 valence electrons. The van der Waals surface area contributed by atoms with Crippen LogP contribution in [0.1, 0.15) is 20.8 Å². The van der Waals surface area contributed by atoms with E-state index in [4.69, 9.17) is 0 Å². The Hall–Kier alpha value is -0.0500. The van der Waals surface area contributed by atoms with E-state index < -0.39 is 0 Å². The van der Waals surface area contributed by atoms with Gasteiger partial charge in [0.2, 0.25) is 5.91 Å². The average Bonchev–Trinajstić information content (AvgIpc) is 2.00. The predicted molar refractivity (Wildman–Crippen MR) is 50.9 cm³/mol. The molecule has 0 saturated heterocycles. The van der Waals surface area contributed by atoms with Crippen molar-refractivity contribution >= 4 is 21.8 Å². The van der Waals surface area contributed by atoms with Crippen LogP contribution in [-0.4, -0.2) is 29.2 Å². The van der Waals surface area contributed by atoms with Gasteiger partial charge < -0.3 is 4.90 Å². The fraction of sp³-hybridized carbons (Fsp3) is 0.875. The van der Waals surface area contributed by atoms with Crippen LogP contribution in [0.2, 0.25) is 0 Å². The van der Waals surface area contributed by atoms with Gasteiger partial charge in [-0.2, -0.15) is 0 Å². The molecule has 0 aliphatic carbocycles. The number of carbonyl (C=O) groups is 1. The second-order valence-electron chi connectivity index (χ2n) is 3.12. The van der Waals surface area contributed by atoms with E-state index in [2.05, 4.69) is 36.7 Å². The highest BCUT2D eigenvalue weighted by Gasteiger charge is 2.16. The van der Waals surface area contributed by atoms with Crippen LogP contribution in [0.3, 0.4) is 0 Å². The molecule has 0 bridgehead atoms. The van der Waals surface area contributed by atoms with Gasteiger partial charge in [0.15, 0.2) is 0 Å². The van der Waals surface area contributed by atoms with E-state index in [9.17, 15) is 4.79 Å². The van der Waals surface area contributed by atoms with Gasteiger partial charge in [0.1, 0.15) is 0 Å². The van der Waals surface area contributed by atoms with Crippen LogP contribution in [0, 0.1) is 5.92 Å². The number of carbonyl (C=O) groups excluding carboxylic acids is 1. The number of rotatable bonds is 3. The molecule has 0 aliphatic heterocycles. The van der Waals surface area contributed by atoms with Gasteiger partial charge in [-0.3, -0.25) is 4.79 Å². The standard InChI is InChI=1S/C8H16BrNO/c1-6(2)7(3)10(4)8(11)5-9/h6-7H,5H2,1-4H3. The number of amides is 1. The van der Waals surface area contributed by atoms with E-state index in [0.29, 0.717) is 17.3 Å². The van der Waals surface area contributed by atoms with Crippen molar-refractivity contribution in [3.63, 3.8) is 0 Å². The summed E-state index contributed by atoms with van der Waals surface area (Å²) in [7, 11) is 1.84. The molecular formula is C8H16BrNO. The fourth-order valence-corrected chi connectivity index (χ4v) is 1.16. The maximum Gasteiger partial charge on any atom is 0.233 e. The molecule has 0 aromatic heterocycles. The smallest absolute Gasteiger partial charge is 0.233 e. The number of alkyl halides is 1. The van der Waals surface area contributed by atoms with E-state index in [1.54, 1.807) is 4.90 Å². The molecule has 1 amide bonds. The third-order valence-corrected chi connectivity index (χ3v) is 2.56. The van der Waals surface area contributed by atoms with Gasteiger partial charge >= 0.3 is 0 Å². The van der Waals surface area contributed by atoms with Crippen molar-refractivity contribution in [2.24, 2.45) is 5.92 Å². The van der Waals surface area contributed by atoms with Crippen LogP contribution < -0.4 is 0 Å². The molecule has 0 aromatic carbocycles. The van der Waals surface area contributed by atoms with Crippen molar-refractivity contribution in [1.82, 2.24) is 4.90 Å². The molecule has 0 N–H and O–H groups in total. The van der Waals surface area contributed by atoms with Gasteiger partial charge in [-0.1, -0.05) is 29.8 Å². The van der Waals surface area contributed by atoms with E-state index in [0.717, 1.165) is 0 Å². The first kappa shape index (κ1) is 11.0. The lowest BCUT2D eigenvalue weighted by atomic mass is 10.1. The minimum Gasteiger partial charge on any atom is -0.342 e. The minimum absolute atomic E-state index is 0.145.